The van der Waals surface area contributed by atoms with Gasteiger partial charge < -0.3 is 10.2 Å². The van der Waals surface area contributed by atoms with Crippen LogP contribution in [0.2, 0.25) is 0 Å². The van der Waals surface area contributed by atoms with Crippen LogP contribution in [0.15, 0.2) is 54.6 Å². The predicted molar refractivity (Wildman–Crippen MR) is 87.6 cm³/mol. The first-order valence-corrected chi connectivity index (χ1v) is 7.41. The second kappa shape index (κ2) is 7.48. The highest BCUT2D eigenvalue weighted by molar-refractivity contribution is 5.94. The van der Waals surface area contributed by atoms with Gasteiger partial charge in [0.05, 0.1) is 0 Å². The first kappa shape index (κ1) is 15.1. The van der Waals surface area contributed by atoms with Crippen LogP contribution in [0.5, 0.6) is 0 Å². The highest BCUT2D eigenvalue weighted by atomic mass is 16.1. The zero-order valence-electron chi connectivity index (χ0n) is 12.7. The topological polar surface area (TPSA) is 32.3 Å². The van der Waals surface area contributed by atoms with E-state index in [1.807, 2.05) is 54.6 Å². The molecule has 0 fully saturated rings. The monoisotopic (exact) mass is 282 g/mol. The summed E-state index contributed by atoms with van der Waals surface area (Å²) in [4.78, 5) is 14.4. The van der Waals surface area contributed by atoms with Crippen molar-refractivity contribution >= 4 is 11.6 Å². The Bertz CT molecular complexity index is 560. The Morgan fingerprint density at radius 1 is 0.952 bits per heavy atom. The fourth-order valence-electron chi connectivity index (χ4n) is 2.29. The average molecular weight is 282 g/mol. The van der Waals surface area contributed by atoms with Gasteiger partial charge in [0.25, 0.3) is 5.91 Å². The maximum atomic E-state index is 12.1. The van der Waals surface area contributed by atoms with Crippen molar-refractivity contribution in [3.05, 3.63) is 65.7 Å². The van der Waals surface area contributed by atoms with Gasteiger partial charge in [-0.3, -0.25) is 4.79 Å². The molecule has 2 rings (SSSR count). The lowest BCUT2D eigenvalue weighted by molar-refractivity contribution is 0.0951. The number of carbonyl (C=O) groups excluding carboxylic acids is 1. The minimum Gasteiger partial charge on any atom is -0.372 e. The molecule has 3 heteroatoms. The lowest BCUT2D eigenvalue weighted by Crippen LogP contribution is -2.24. The van der Waals surface area contributed by atoms with Gasteiger partial charge in [-0.15, -0.1) is 0 Å². The fraction of sp³-hybridized carbons (Fsp3) is 0.278. The molecule has 0 spiro atoms. The van der Waals surface area contributed by atoms with Crippen LogP contribution in [0.1, 0.15) is 29.8 Å². The third kappa shape index (κ3) is 4.09. The Morgan fingerprint density at radius 2 is 1.57 bits per heavy atom. The normalized spacial score (nSPS) is 10.2. The second-order valence-electron chi connectivity index (χ2n) is 4.89. The molecule has 0 bridgehead atoms. The molecule has 0 radical (unpaired) electrons. The molecular formula is C18H22N2O. The summed E-state index contributed by atoms with van der Waals surface area (Å²) in [5, 5.41) is 2.94. The predicted octanol–water partition coefficient (Wildman–Crippen LogP) is 3.46. The van der Waals surface area contributed by atoms with Crippen molar-refractivity contribution < 1.29 is 4.79 Å². The highest BCUT2D eigenvalue weighted by Crippen LogP contribution is 2.15. The summed E-state index contributed by atoms with van der Waals surface area (Å²) < 4.78 is 0. The summed E-state index contributed by atoms with van der Waals surface area (Å²) in [6, 6.07) is 17.7. The van der Waals surface area contributed by atoms with Crippen molar-refractivity contribution in [2.75, 3.05) is 18.0 Å². The van der Waals surface area contributed by atoms with Crippen molar-refractivity contribution in [3.8, 4) is 0 Å². The number of amides is 1. The van der Waals surface area contributed by atoms with Crippen LogP contribution in [0.3, 0.4) is 0 Å². The van der Waals surface area contributed by atoms with E-state index < -0.39 is 0 Å². The van der Waals surface area contributed by atoms with E-state index in [1.54, 1.807) is 0 Å². The van der Waals surface area contributed by atoms with Gasteiger partial charge >= 0.3 is 0 Å². The third-order valence-electron chi connectivity index (χ3n) is 3.55. The second-order valence-corrected chi connectivity index (χ2v) is 4.89. The molecule has 0 aromatic heterocycles. The number of rotatable bonds is 6. The number of anilines is 1. The zero-order chi connectivity index (χ0) is 15.1. The van der Waals surface area contributed by atoms with Gasteiger partial charge in [0, 0.05) is 30.9 Å². The van der Waals surface area contributed by atoms with E-state index in [0.29, 0.717) is 12.1 Å². The Labute approximate surface area is 126 Å². The molecule has 0 saturated heterocycles. The van der Waals surface area contributed by atoms with Crippen LogP contribution in [0.25, 0.3) is 0 Å². The van der Waals surface area contributed by atoms with Crippen LogP contribution in [-0.4, -0.2) is 19.0 Å². The van der Waals surface area contributed by atoms with Crippen LogP contribution < -0.4 is 10.2 Å². The van der Waals surface area contributed by atoms with Gasteiger partial charge in [-0.25, -0.2) is 0 Å². The van der Waals surface area contributed by atoms with Crippen LogP contribution in [-0.2, 0) is 6.54 Å². The van der Waals surface area contributed by atoms with E-state index >= 15 is 0 Å². The van der Waals surface area contributed by atoms with Gasteiger partial charge in [0.15, 0.2) is 0 Å². The molecule has 0 saturated carbocycles. The molecule has 21 heavy (non-hydrogen) atoms. The quantitative estimate of drug-likeness (QED) is 0.880. The lowest BCUT2D eigenvalue weighted by Gasteiger charge is -2.21. The van der Waals surface area contributed by atoms with Gasteiger partial charge in [0.2, 0.25) is 0 Å². The molecular weight excluding hydrogens is 260 g/mol. The van der Waals surface area contributed by atoms with E-state index in [4.69, 9.17) is 0 Å². The van der Waals surface area contributed by atoms with E-state index in [2.05, 4.69) is 24.1 Å². The molecule has 1 amide bonds. The molecule has 0 aliphatic heterocycles. The number of nitrogens with zero attached hydrogens (tertiary/aromatic N) is 1. The molecule has 0 aliphatic carbocycles. The summed E-state index contributed by atoms with van der Waals surface area (Å²) in [7, 11) is 0. The average Bonchev–Trinajstić information content (AvgIpc) is 2.55. The van der Waals surface area contributed by atoms with Gasteiger partial charge in [-0.05, 0) is 43.7 Å². The number of hydrogen-bond acceptors (Lipinski definition) is 2. The Hall–Kier alpha value is -2.29. The van der Waals surface area contributed by atoms with Crippen molar-refractivity contribution in [2.24, 2.45) is 0 Å². The first-order valence-electron chi connectivity index (χ1n) is 7.41. The van der Waals surface area contributed by atoms with Gasteiger partial charge in [0.1, 0.15) is 0 Å². The molecule has 0 heterocycles. The number of nitrogens with one attached hydrogen (secondary N) is 1. The molecule has 0 atom stereocenters. The number of carbonyl (C=O) groups is 1. The molecule has 0 aliphatic rings. The summed E-state index contributed by atoms with van der Waals surface area (Å²) in [5.41, 5.74) is 2.95. The van der Waals surface area contributed by atoms with Crippen LogP contribution in [0.4, 0.5) is 5.69 Å². The SMILES string of the molecule is CCN(CC)c1ccc(C(=O)NCc2ccccc2)cc1. The maximum Gasteiger partial charge on any atom is 0.251 e. The van der Waals surface area contributed by atoms with Crippen molar-refractivity contribution in [3.63, 3.8) is 0 Å². The largest absolute Gasteiger partial charge is 0.372 e. The summed E-state index contributed by atoms with van der Waals surface area (Å²) in [5.74, 6) is -0.0371. The fourth-order valence-corrected chi connectivity index (χ4v) is 2.29. The van der Waals surface area contributed by atoms with Crippen molar-refractivity contribution in [2.45, 2.75) is 20.4 Å². The van der Waals surface area contributed by atoms with Crippen LogP contribution in [0, 0.1) is 0 Å². The van der Waals surface area contributed by atoms with E-state index in [1.165, 1.54) is 0 Å². The molecule has 1 N–H and O–H groups in total. The van der Waals surface area contributed by atoms with E-state index in [9.17, 15) is 4.79 Å². The Morgan fingerprint density at radius 3 is 2.14 bits per heavy atom. The van der Waals surface area contributed by atoms with Gasteiger partial charge in [-0.1, -0.05) is 30.3 Å². The summed E-state index contributed by atoms with van der Waals surface area (Å²) in [6.45, 7) is 6.75. The number of benzene rings is 2. The summed E-state index contributed by atoms with van der Waals surface area (Å²) in [6.07, 6.45) is 0. The summed E-state index contributed by atoms with van der Waals surface area (Å²) >= 11 is 0. The minimum atomic E-state index is -0.0371. The van der Waals surface area contributed by atoms with Gasteiger partial charge in [-0.2, -0.15) is 0 Å². The van der Waals surface area contributed by atoms with Crippen molar-refractivity contribution in [1.29, 1.82) is 0 Å². The Kier molecular flexibility index (Phi) is 5.38. The van der Waals surface area contributed by atoms with E-state index in [-0.39, 0.29) is 5.91 Å². The number of hydrogen-bond donors (Lipinski definition) is 1. The Balaban J connectivity index is 1.97. The lowest BCUT2D eigenvalue weighted by atomic mass is 10.1. The smallest absolute Gasteiger partial charge is 0.251 e. The highest BCUT2D eigenvalue weighted by Gasteiger charge is 2.07. The molecule has 2 aromatic carbocycles. The molecule has 0 unspecified atom stereocenters. The third-order valence-corrected chi connectivity index (χ3v) is 3.55. The van der Waals surface area contributed by atoms with Crippen LogP contribution >= 0.6 is 0 Å². The molecule has 2 aromatic rings. The maximum absolute atomic E-state index is 12.1. The molecule has 3 nitrogen and oxygen atoms in total. The zero-order valence-corrected chi connectivity index (χ0v) is 12.7. The van der Waals surface area contributed by atoms with E-state index in [0.717, 1.165) is 24.3 Å². The standard InChI is InChI=1S/C18H22N2O/c1-3-20(4-2)17-12-10-16(11-13-17)18(21)19-14-15-8-6-5-7-9-15/h5-13H,3-4,14H2,1-2H3,(H,19,21). The van der Waals surface area contributed by atoms with Crippen molar-refractivity contribution in [1.82, 2.24) is 5.32 Å². The molecule has 110 valence electrons. The minimum absolute atomic E-state index is 0.0371. The first-order chi connectivity index (χ1) is 10.2.